The zero-order chi connectivity index (χ0) is 14.5. The van der Waals surface area contributed by atoms with Crippen molar-refractivity contribution in [3.63, 3.8) is 0 Å². The third kappa shape index (κ3) is 4.13. The second-order valence-corrected chi connectivity index (χ2v) is 6.00. The third-order valence-corrected chi connectivity index (χ3v) is 4.33. The number of nitrogens with two attached hydrogens (primary N) is 1. The van der Waals surface area contributed by atoms with Crippen LogP contribution in [0.5, 0.6) is 5.75 Å². The Labute approximate surface area is 137 Å². The molecule has 2 nitrogen and oxygen atoms in total. The summed E-state index contributed by atoms with van der Waals surface area (Å²) in [4.78, 5) is 0. The molecule has 0 spiro atoms. The first-order valence-electron chi connectivity index (χ1n) is 6.15. The van der Waals surface area contributed by atoms with Gasteiger partial charge in [-0.15, -0.1) is 0 Å². The SMILES string of the molecule is NCCc1cc(OCc2ccc(Cl)c(Cl)c2)ccc1Br. The lowest BCUT2D eigenvalue weighted by atomic mass is 10.1. The van der Waals surface area contributed by atoms with E-state index in [0.29, 0.717) is 23.2 Å². The molecule has 0 atom stereocenters. The highest BCUT2D eigenvalue weighted by Gasteiger charge is 2.04. The number of hydrogen-bond donors (Lipinski definition) is 1. The maximum atomic E-state index is 5.98. The van der Waals surface area contributed by atoms with Gasteiger partial charge in [-0.05, 0) is 54.4 Å². The third-order valence-electron chi connectivity index (χ3n) is 2.82. The molecular formula is C15H14BrCl2NO. The van der Waals surface area contributed by atoms with Crippen LogP contribution in [0.25, 0.3) is 0 Å². The molecule has 2 aromatic rings. The van der Waals surface area contributed by atoms with E-state index < -0.39 is 0 Å². The molecule has 0 saturated carbocycles. The lowest BCUT2D eigenvalue weighted by molar-refractivity contribution is 0.306. The predicted octanol–water partition coefficient (Wildman–Crippen LogP) is 4.84. The highest BCUT2D eigenvalue weighted by Crippen LogP contribution is 2.25. The van der Waals surface area contributed by atoms with Gasteiger partial charge < -0.3 is 10.5 Å². The van der Waals surface area contributed by atoms with E-state index in [1.165, 1.54) is 0 Å². The number of benzene rings is 2. The van der Waals surface area contributed by atoms with E-state index in [1.54, 1.807) is 6.07 Å². The number of rotatable bonds is 5. The van der Waals surface area contributed by atoms with Gasteiger partial charge in [-0.2, -0.15) is 0 Å². The molecule has 2 rings (SSSR count). The Hall–Kier alpha value is -0.740. The van der Waals surface area contributed by atoms with E-state index in [9.17, 15) is 0 Å². The lowest BCUT2D eigenvalue weighted by Gasteiger charge is -2.10. The Kier molecular flexibility index (Phi) is 5.73. The van der Waals surface area contributed by atoms with Crippen LogP contribution in [0.2, 0.25) is 10.0 Å². The number of hydrogen-bond acceptors (Lipinski definition) is 2. The minimum atomic E-state index is 0.445. The Morgan fingerprint density at radius 2 is 1.85 bits per heavy atom. The Morgan fingerprint density at radius 1 is 1.05 bits per heavy atom. The summed E-state index contributed by atoms with van der Waals surface area (Å²) in [7, 11) is 0. The highest BCUT2D eigenvalue weighted by atomic mass is 79.9. The van der Waals surface area contributed by atoms with Gasteiger partial charge in [0.25, 0.3) is 0 Å². The van der Waals surface area contributed by atoms with Crippen molar-refractivity contribution in [2.75, 3.05) is 6.54 Å². The molecule has 2 N–H and O–H groups in total. The molecule has 106 valence electrons. The smallest absolute Gasteiger partial charge is 0.120 e. The average Bonchev–Trinajstić information content (AvgIpc) is 2.43. The van der Waals surface area contributed by atoms with Crippen LogP contribution in [0.15, 0.2) is 40.9 Å². The lowest BCUT2D eigenvalue weighted by Crippen LogP contribution is -2.04. The molecule has 2 aromatic carbocycles. The number of ether oxygens (including phenoxy) is 1. The molecule has 0 saturated heterocycles. The van der Waals surface area contributed by atoms with Crippen molar-refractivity contribution in [2.24, 2.45) is 5.73 Å². The average molecular weight is 375 g/mol. The summed E-state index contributed by atoms with van der Waals surface area (Å²) >= 11 is 15.4. The molecule has 0 amide bonds. The van der Waals surface area contributed by atoms with E-state index in [-0.39, 0.29) is 0 Å². The summed E-state index contributed by atoms with van der Waals surface area (Å²) in [6.45, 7) is 1.05. The van der Waals surface area contributed by atoms with Gasteiger partial charge in [0.2, 0.25) is 0 Å². The van der Waals surface area contributed by atoms with Crippen molar-refractivity contribution in [3.8, 4) is 5.75 Å². The van der Waals surface area contributed by atoms with Gasteiger partial charge in [0.1, 0.15) is 12.4 Å². The maximum Gasteiger partial charge on any atom is 0.120 e. The topological polar surface area (TPSA) is 35.2 Å². The van der Waals surface area contributed by atoms with Crippen molar-refractivity contribution >= 4 is 39.1 Å². The van der Waals surface area contributed by atoms with Crippen LogP contribution in [0.1, 0.15) is 11.1 Å². The van der Waals surface area contributed by atoms with Gasteiger partial charge >= 0.3 is 0 Å². The molecular weight excluding hydrogens is 361 g/mol. The molecule has 0 aromatic heterocycles. The van der Waals surface area contributed by atoms with E-state index in [0.717, 1.165) is 27.8 Å². The van der Waals surface area contributed by atoms with Crippen molar-refractivity contribution in [1.29, 1.82) is 0 Å². The molecule has 5 heteroatoms. The molecule has 0 unspecified atom stereocenters. The van der Waals surface area contributed by atoms with E-state index in [4.69, 9.17) is 33.7 Å². The van der Waals surface area contributed by atoms with E-state index in [1.807, 2.05) is 30.3 Å². The second kappa shape index (κ2) is 7.32. The summed E-state index contributed by atoms with van der Waals surface area (Å²) in [5.41, 5.74) is 7.70. The molecule has 0 aliphatic heterocycles. The first-order chi connectivity index (χ1) is 9.60. The first kappa shape index (κ1) is 15.6. The van der Waals surface area contributed by atoms with Gasteiger partial charge in [0.05, 0.1) is 10.0 Å². The predicted molar refractivity (Wildman–Crippen MR) is 87.7 cm³/mol. The molecule has 20 heavy (non-hydrogen) atoms. The quantitative estimate of drug-likeness (QED) is 0.812. The monoisotopic (exact) mass is 373 g/mol. The maximum absolute atomic E-state index is 5.98. The minimum Gasteiger partial charge on any atom is -0.489 e. The zero-order valence-electron chi connectivity index (χ0n) is 10.7. The summed E-state index contributed by atoms with van der Waals surface area (Å²) in [5, 5.41) is 1.08. The normalized spacial score (nSPS) is 10.6. The fraction of sp³-hybridized carbons (Fsp3) is 0.200. The summed E-state index contributed by atoms with van der Waals surface area (Å²) < 4.78 is 6.81. The van der Waals surface area contributed by atoms with Gasteiger partial charge in [-0.3, -0.25) is 0 Å². The van der Waals surface area contributed by atoms with Crippen molar-refractivity contribution in [1.82, 2.24) is 0 Å². The summed E-state index contributed by atoms with van der Waals surface area (Å²) in [5.74, 6) is 0.808. The van der Waals surface area contributed by atoms with Crippen LogP contribution in [0.4, 0.5) is 0 Å². The van der Waals surface area contributed by atoms with Crippen molar-refractivity contribution in [2.45, 2.75) is 13.0 Å². The van der Waals surface area contributed by atoms with Crippen molar-refractivity contribution < 1.29 is 4.74 Å². The first-order valence-corrected chi connectivity index (χ1v) is 7.70. The summed E-state index contributed by atoms with van der Waals surface area (Å²) in [6, 6.07) is 11.4. The van der Waals surface area contributed by atoms with Crippen LogP contribution in [0.3, 0.4) is 0 Å². The van der Waals surface area contributed by atoms with Gasteiger partial charge in [0, 0.05) is 4.47 Å². The van der Waals surface area contributed by atoms with Gasteiger partial charge in [-0.25, -0.2) is 0 Å². The zero-order valence-corrected chi connectivity index (χ0v) is 13.8. The fourth-order valence-electron chi connectivity index (χ4n) is 1.78. The molecule has 0 aliphatic carbocycles. The summed E-state index contributed by atoms with van der Waals surface area (Å²) in [6.07, 6.45) is 0.810. The van der Waals surface area contributed by atoms with Crippen LogP contribution in [-0.4, -0.2) is 6.54 Å². The van der Waals surface area contributed by atoms with Crippen molar-refractivity contribution in [3.05, 3.63) is 62.0 Å². The fourth-order valence-corrected chi connectivity index (χ4v) is 2.55. The Balaban J connectivity index is 2.06. The van der Waals surface area contributed by atoms with Crippen LogP contribution >= 0.6 is 39.1 Å². The van der Waals surface area contributed by atoms with Gasteiger partial charge in [0.15, 0.2) is 0 Å². The number of halogens is 3. The van der Waals surface area contributed by atoms with E-state index in [2.05, 4.69) is 15.9 Å². The highest BCUT2D eigenvalue weighted by molar-refractivity contribution is 9.10. The Morgan fingerprint density at radius 3 is 2.55 bits per heavy atom. The Bertz CT molecular complexity index is 604. The molecule has 0 bridgehead atoms. The van der Waals surface area contributed by atoms with E-state index >= 15 is 0 Å². The standard InChI is InChI=1S/C15H14BrCl2NO/c16-13-3-2-12(8-11(13)5-6-19)20-9-10-1-4-14(17)15(18)7-10/h1-4,7-8H,5-6,9,19H2. The second-order valence-electron chi connectivity index (χ2n) is 4.33. The van der Waals surface area contributed by atoms with Crippen LogP contribution < -0.4 is 10.5 Å². The largest absolute Gasteiger partial charge is 0.489 e. The van der Waals surface area contributed by atoms with Gasteiger partial charge in [-0.1, -0.05) is 45.2 Å². The molecule has 0 heterocycles. The molecule has 0 radical (unpaired) electrons. The van der Waals surface area contributed by atoms with Crippen LogP contribution in [-0.2, 0) is 13.0 Å². The van der Waals surface area contributed by atoms with Crippen LogP contribution in [0, 0.1) is 0 Å². The molecule has 0 fully saturated rings. The minimum absolute atomic E-state index is 0.445. The molecule has 0 aliphatic rings.